The lowest BCUT2D eigenvalue weighted by atomic mass is 10.2. The normalized spacial score (nSPS) is 14.7. The van der Waals surface area contributed by atoms with Crippen molar-refractivity contribution < 1.29 is 9.59 Å². The Morgan fingerprint density at radius 2 is 1.81 bits per heavy atom. The van der Waals surface area contributed by atoms with Crippen LogP contribution in [0.15, 0.2) is 41.6 Å². The lowest BCUT2D eigenvalue weighted by molar-refractivity contribution is -0.124. The van der Waals surface area contributed by atoms with Crippen molar-refractivity contribution in [2.75, 3.05) is 5.32 Å². The number of hydrogen-bond acceptors (Lipinski definition) is 4. The molecule has 2 rings (SSSR count). The molecule has 0 aromatic heterocycles. The smallest absolute Gasteiger partial charge is 0.276 e. The fraction of sp³-hybridized carbons (Fsp3) is 0. The summed E-state index contributed by atoms with van der Waals surface area (Å²) in [4.78, 5) is 22.5. The zero-order chi connectivity index (χ0) is 11.5. The average molecular weight is 213 g/mol. The van der Waals surface area contributed by atoms with Gasteiger partial charge in [-0.15, -0.1) is 0 Å². The number of nitrogens with one attached hydrogen (secondary N) is 2. The molecule has 0 spiro atoms. The van der Waals surface area contributed by atoms with E-state index in [1.807, 2.05) is 6.07 Å². The predicted octanol–water partition coefficient (Wildman–Crippen LogP) is 0.533. The average Bonchev–Trinajstić information content (AvgIpc) is 2.55. The first-order valence-electron chi connectivity index (χ1n) is 4.54. The highest BCUT2D eigenvalue weighted by molar-refractivity contribution is 6.22. The number of para-hydroxylation sites is 1. The van der Waals surface area contributed by atoms with Gasteiger partial charge in [-0.05, 0) is 12.1 Å². The lowest BCUT2D eigenvalue weighted by Crippen LogP contribution is -2.24. The molecule has 1 aliphatic heterocycles. The van der Waals surface area contributed by atoms with E-state index in [9.17, 15) is 9.59 Å². The number of anilines is 1. The summed E-state index contributed by atoms with van der Waals surface area (Å²) in [7, 11) is 0. The first kappa shape index (κ1) is 9.93. The van der Waals surface area contributed by atoms with Crippen LogP contribution < -0.4 is 10.6 Å². The van der Waals surface area contributed by atoms with Crippen LogP contribution in [0.4, 0.5) is 5.69 Å². The van der Waals surface area contributed by atoms with Crippen molar-refractivity contribution in [3.63, 3.8) is 0 Å². The van der Waals surface area contributed by atoms with Crippen LogP contribution in [0, 0.1) is 11.3 Å². The molecular weight excluding hydrogens is 206 g/mol. The van der Waals surface area contributed by atoms with Crippen LogP contribution in [-0.2, 0) is 9.59 Å². The Morgan fingerprint density at radius 3 is 2.44 bits per heavy atom. The van der Waals surface area contributed by atoms with Gasteiger partial charge in [0.25, 0.3) is 11.8 Å². The quantitative estimate of drug-likeness (QED) is 0.702. The van der Waals surface area contributed by atoms with Crippen LogP contribution in [0.25, 0.3) is 0 Å². The van der Waals surface area contributed by atoms with Crippen LogP contribution in [0.5, 0.6) is 0 Å². The molecule has 78 valence electrons. The zero-order valence-electron chi connectivity index (χ0n) is 8.15. The number of benzene rings is 1. The summed E-state index contributed by atoms with van der Waals surface area (Å²) in [5, 5.41) is 13.5. The highest BCUT2D eigenvalue weighted by atomic mass is 16.2. The highest BCUT2D eigenvalue weighted by Crippen LogP contribution is 2.15. The molecule has 0 radical (unpaired) electrons. The van der Waals surface area contributed by atoms with Crippen molar-refractivity contribution >= 4 is 17.5 Å². The van der Waals surface area contributed by atoms with Crippen molar-refractivity contribution in [1.82, 2.24) is 5.32 Å². The van der Waals surface area contributed by atoms with E-state index in [0.717, 1.165) is 0 Å². The van der Waals surface area contributed by atoms with Gasteiger partial charge < -0.3 is 5.32 Å². The highest BCUT2D eigenvalue weighted by Gasteiger charge is 2.30. The monoisotopic (exact) mass is 213 g/mol. The van der Waals surface area contributed by atoms with E-state index in [4.69, 9.17) is 5.26 Å². The summed E-state index contributed by atoms with van der Waals surface area (Å²) >= 11 is 0. The van der Waals surface area contributed by atoms with Gasteiger partial charge in [-0.25, -0.2) is 0 Å². The maximum absolute atomic E-state index is 11.4. The molecule has 1 aromatic rings. The molecule has 0 saturated carbocycles. The minimum Gasteiger partial charge on any atom is -0.350 e. The van der Waals surface area contributed by atoms with Gasteiger partial charge in [0.1, 0.15) is 17.3 Å². The third-order valence-electron chi connectivity index (χ3n) is 2.09. The second-order valence-electron chi connectivity index (χ2n) is 3.14. The van der Waals surface area contributed by atoms with Crippen LogP contribution in [0.1, 0.15) is 0 Å². The first-order chi connectivity index (χ1) is 7.72. The van der Waals surface area contributed by atoms with Gasteiger partial charge in [0.2, 0.25) is 0 Å². The summed E-state index contributed by atoms with van der Waals surface area (Å²) in [6.45, 7) is 0. The Balaban J connectivity index is 2.34. The van der Waals surface area contributed by atoms with E-state index in [-0.39, 0.29) is 11.3 Å². The lowest BCUT2D eigenvalue weighted by Gasteiger charge is -2.04. The molecule has 5 heteroatoms. The van der Waals surface area contributed by atoms with Crippen LogP contribution in [0.2, 0.25) is 0 Å². The first-order valence-corrected chi connectivity index (χ1v) is 4.54. The van der Waals surface area contributed by atoms with Gasteiger partial charge >= 0.3 is 0 Å². The van der Waals surface area contributed by atoms with Crippen molar-refractivity contribution in [2.24, 2.45) is 0 Å². The van der Waals surface area contributed by atoms with Crippen molar-refractivity contribution in [1.29, 1.82) is 5.26 Å². The Morgan fingerprint density at radius 1 is 1.12 bits per heavy atom. The summed E-state index contributed by atoms with van der Waals surface area (Å²) in [5.41, 5.74) is 0.461. The SMILES string of the molecule is N#CC1=C(Nc2ccccc2)C(=O)NC1=O. The molecule has 0 atom stereocenters. The maximum Gasteiger partial charge on any atom is 0.276 e. The molecule has 1 aromatic carbocycles. The Hall–Kier alpha value is -2.61. The summed E-state index contributed by atoms with van der Waals surface area (Å²) < 4.78 is 0. The molecule has 0 aliphatic carbocycles. The fourth-order valence-corrected chi connectivity index (χ4v) is 1.35. The Bertz CT molecular complexity index is 526. The Labute approximate surface area is 91.4 Å². The van der Waals surface area contributed by atoms with Crippen LogP contribution in [-0.4, -0.2) is 11.8 Å². The van der Waals surface area contributed by atoms with E-state index in [1.165, 1.54) is 0 Å². The zero-order valence-corrected chi connectivity index (χ0v) is 8.15. The molecule has 0 fully saturated rings. The molecule has 2 amide bonds. The minimum absolute atomic E-state index is 0.00120. The molecule has 16 heavy (non-hydrogen) atoms. The predicted molar refractivity (Wildman–Crippen MR) is 55.9 cm³/mol. The third-order valence-corrected chi connectivity index (χ3v) is 2.09. The van der Waals surface area contributed by atoms with Crippen LogP contribution in [0.3, 0.4) is 0 Å². The number of carbonyl (C=O) groups excluding carboxylic acids is 2. The van der Waals surface area contributed by atoms with Gasteiger partial charge in [0, 0.05) is 5.69 Å². The number of amides is 2. The topological polar surface area (TPSA) is 82.0 Å². The van der Waals surface area contributed by atoms with E-state index >= 15 is 0 Å². The number of carbonyl (C=O) groups is 2. The molecule has 2 N–H and O–H groups in total. The molecule has 1 heterocycles. The second kappa shape index (κ2) is 3.87. The molecular formula is C11H7N3O2. The molecule has 5 nitrogen and oxygen atoms in total. The summed E-state index contributed by atoms with van der Waals surface area (Å²) in [6.07, 6.45) is 0. The summed E-state index contributed by atoms with van der Waals surface area (Å²) in [5.74, 6) is -1.24. The minimum atomic E-state index is -0.661. The number of hydrogen-bond donors (Lipinski definition) is 2. The van der Waals surface area contributed by atoms with Gasteiger partial charge in [0.15, 0.2) is 0 Å². The molecule has 0 bridgehead atoms. The fourth-order valence-electron chi connectivity index (χ4n) is 1.35. The van der Waals surface area contributed by atoms with E-state index < -0.39 is 11.8 Å². The van der Waals surface area contributed by atoms with Gasteiger partial charge in [-0.1, -0.05) is 18.2 Å². The maximum atomic E-state index is 11.4. The van der Waals surface area contributed by atoms with Crippen molar-refractivity contribution in [3.05, 3.63) is 41.6 Å². The number of nitriles is 1. The molecule has 0 saturated heterocycles. The number of imide groups is 1. The molecule has 0 unspecified atom stereocenters. The number of rotatable bonds is 2. The van der Waals surface area contributed by atoms with Gasteiger partial charge in [-0.3, -0.25) is 14.9 Å². The van der Waals surface area contributed by atoms with Crippen LogP contribution >= 0.6 is 0 Å². The largest absolute Gasteiger partial charge is 0.350 e. The van der Waals surface area contributed by atoms with Crippen molar-refractivity contribution in [3.8, 4) is 6.07 Å². The second-order valence-corrected chi connectivity index (χ2v) is 3.14. The van der Waals surface area contributed by atoms with E-state index in [0.29, 0.717) is 5.69 Å². The standard InChI is InChI=1S/C11H7N3O2/c12-6-8-9(11(16)14-10(8)15)13-7-4-2-1-3-5-7/h1-5H,(H2,13,14,15,16). The van der Waals surface area contributed by atoms with E-state index in [1.54, 1.807) is 30.3 Å². The number of nitrogens with zero attached hydrogens (tertiary/aromatic N) is 1. The summed E-state index contributed by atoms with van der Waals surface area (Å²) in [6, 6.07) is 10.6. The third kappa shape index (κ3) is 1.64. The van der Waals surface area contributed by atoms with E-state index in [2.05, 4.69) is 10.6 Å². The van der Waals surface area contributed by atoms with Gasteiger partial charge in [0.05, 0.1) is 0 Å². The molecule has 1 aliphatic rings. The van der Waals surface area contributed by atoms with Gasteiger partial charge in [-0.2, -0.15) is 5.26 Å². The van der Waals surface area contributed by atoms with Crippen molar-refractivity contribution in [2.45, 2.75) is 0 Å². The Kier molecular flexibility index (Phi) is 2.40.